The summed E-state index contributed by atoms with van der Waals surface area (Å²) in [7, 11) is 1.62. The molecule has 0 heterocycles. The van der Waals surface area contributed by atoms with Gasteiger partial charge in [-0.15, -0.1) is 0 Å². The van der Waals surface area contributed by atoms with Crippen molar-refractivity contribution in [3.63, 3.8) is 0 Å². The lowest BCUT2D eigenvalue weighted by Crippen LogP contribution is -2.25. The second-order valence-corrected chi connectivity index (χ2v) is 4.46. The number of rotatable bonds is 8. The second kappa shape index (κ2) is 8.22. The predicted octanol–water partition coefficient (Wildman–Crippen LogP) is 3.46. The summed E-state index contributed by atoms with van der Waals surface area (Å²) in [5, 5.41) is 0.655. The number of hydrogen-bond donors (Lipinski definition) is 0. The lowest BCUT2D eigenvalue weighted by atomic mass is 10.3. The molecule has 0 unspecified atom stereocenters. The molecule has 0 bridgehead atoms. The first kappa shape index (κ1) is 15.1. The molecule has 0 aliphatic rings. The molecule has 0 aliphatic heterocycles. The Hall–Kier alpha value is -0.930. The molecule has 4 heteroatoms. The molecule has 0 aliphatic carbocycles. The normalized spacial score (nSPS) is 10.7. The molecule has 102 valence electrons. The molecule has 18 heavy (non-hydrogen) atoms. The van der Waals surface area contributed by atoms with Gasteiger partial charge in [-0.1, -0.05) is 25.4 Å². The highest BCUT2D eigenvalue weighted by Crippen LogP contribution is 2.29. The SMILES string of the molecule is CCN(CC)CCCOc1ccc(Cl)cc1OC. The molecule has 1 rings (SSSR count). The van der Waals surface area contributed by atoms with E-state index in [0.717, 1.165) is 31.8 Å². The van der Waals surface area contributed by atoms with Crippen LogP contribution in [0.15, 0.2) is 18.2 Å². The molecule has 0 N–H and O–H groups in total. The molecule has 0 saturated carbocycles. The Kier molecular flexibility index (Phi) is 6.91. The first-order valence-corrected chi connectivity index (χ1v) is 6.77. The fourth-order valence-electron chi connectivity index (χ4n) is 1.77. The van der Waals surface area contributed by atoms with Crippen LogP contribution in [0, 0.1) is 0 Å². The predicted molar refractivity (Wildman–Crippen MR) is 75.9 cm³/mol. The zero-order valence-corrected chi connectivity index (χ0v) is 12.2. The van der Waals surface area contributed by atoms with Crippen LogP contribution in [0.1, 0.15) is 20.3 Å². The number of nitrogens with zero attached hydrogens (tertiary/aromatic N) is 1. The van der Waals surface area contributed by atoms with E-state index in [1.807, 2.05) is 12.1 Å². The van der Waals surface area contributed by atoms with Crippen molar-refractivity contribution < 1.29 is 9.47 Å². The van der Waals surface area contributed by atoms with Gasteiger partial charge in [-0.25, -0.2) is 0 Å². The minimum atomic E-state index is 0.655. The van der Waals surface area contributed by atoms with Gasteiger partial charge in [0.2, 0.25) is 0 Å². The highest BCUT2D eigenvalue weighted by atomic mass is 35.5. The molecule has 0 radical (unpaired) electrons. The van der Waals surface area contributed by atoms with Gasteiger partial charge in [-0.3, -0.25) is 0 Å². The summed E-state index contributed by atoms with van der Waals surface area (Å²) < 4.78 is 10.9. The minimum absolute atomic E-state index is 0.655. The molecule has 0 saturated heterocycles. The van der Waals surface area contributed by atoms with E-state index in [-0.39, 0.29) is 0 Å². The van der Waals surface area contributed by atoms with Gasteiger partial charge in [-0.05, 0) is 31.6 Å². The van der Waals surface area contributed by atoms with Crippen LogP contribution in [0.5, 0.6) is 11.5 Å². The van der Waals surface area contributed by atoms with Gasteiger partial charge in [0.05, 0.1) is 13.7 Å². The molecule has 1 aromatic carbocycles. The van der Waals surface area contributed by atoms with Crippen molar-refractivity contribution >= 4 is 11.6 Å². The molecule has 0 amide bonds. The molecular weight excluding hydrogens is 250 g/mol. The monoisotopic (exact) mass is 271 g/mol. The van der Waals surface area contributed by atoms with Gasteiger partial charge in [0.25, 0.3) is 0 Å². The Balaban J connectivity index is 2.39. The number of hydrogen-bond acceptors (Lipinski definition) is 3. The first-order valence-electron chi connectivity index (χ1n) is 6.40. The van der Waals surface area contributed by atoms with Crippen LogP contribution in [0.4, 0.5) is 0 Å². The van der Waals surface area contributed by atoms with Crippen LogP contribution in [0.3, 0.4) is 0 Å². The molecular formula is C14H22ClNO2. The van der Waals surface area contributed by atoms with Crippen LogP contribution < -0.4 is 9.47 Å². The quantitative estimate of drug-likeness (QED) is 0.676. The summed E-state index contributed by atoms with van der Waals surface area (Å²) in [6, 6.07) is 5.42. The van der Waals surface area contributed by atoms with Gasteiger partial charge in [-0.2, -0.15) is 0 Å². The maximum atomic E-state index is 5.89. The summed E-state index contributed by atoms with van der Waals surface area (Å²) >= 11 is 5.89. The van der Waals surface area contributed by atoms with Crippen LogP contribution in [0.25, 0.3) is 0 Å². The van der Waals surface area contributed by atoms with E-state index in [2.05, 4.69) is 18.7 Å². The van der Waals surface area contributed by atoms with Crippen LogP contribution in [-0.2, 0) is 0 Å². The van der Waals surface area contributed by atoms with Crippen molar-refractivity contribution in [3.05, 3.63) is 23.2 Å². The third kappa shape index (κ3) is 4.75. The summed E-state index contributed by atoms with van der Waals surface area (Å²) in [5.41, 5.74) is 0. The van der Waals surface area contributed by atoms with Crippen LogP contribution in [0.2, 0.25) is 5.02 Å². The highest BCUT2D eigenvalue weighted by Gasteiger charge is 2.05. The van der Waals surface area contributed by atoms with Crippen molar-refractivity contribution in [2.75, 3.05) is 33.4 Å². The average molecular weight is 272 g/mol. The smallest absolute Gasteiger partial charge is 0.162 e. The van der Waals surface area contributed by atoms with E-state index in [9.17, 15) is 0 Å². The number of ether oxygens (including phenoxy) is 2. The van der Waals surface area contributed by atoms with Gasteiger partial charge in [0.1, 0.15) is 0 Å². The van der Waals surface area contributed by atoms with Gasteiger partial charge in [0.15, 0.2) is 11.5 Å². The summed E-state index contributed by atoms with van der Waals surface area (Å²) in [6.45, 7) is 8.26. The molecule has 0 aromatic heterocycles. The van der Waals surface area contributed by atoms with Crippen LogP contribution >= 0.6 is 11.6 Å². The molecule has 0 fully saturated rings. The summed E-state index contributed by atoms with van der Waals surface area (Å²) in [5.74, 6) is 1.44. The first-order chi connectivity index (χ1) is 8.71. The largest absolute Gasteiger partial charge is 0.493 e. The number of halogens is 1. The fraction of sp³-hybridized carbons (Fsp3) is 0.571. The van der Waals surface area contributed by atoms with Crippen molar-refractivity contribution in [1.29, 1.82) is 0 Å². The maximum absolute atomic E-state index is 5.89. The second-order valence-electron chi connectivity index (χ2n) is 4.02. The van der Waals surface area contributed by atoms with E-state index in [4.69, 9.17) is 21.1 Å². The van der Waals surface area contributed by atoms with E-state index < -0.39 is 0 Å². The Labute approximate surface area is 115 Å². The molecule has 1 aromatic rings. The summed E-state index contributed by atoms with van der Waals surface area (Å²) in [4.78, 5) is 2.38. The molecule has 3 nitrogen and oxygen atoms in total. The lowest BCUT2D eigenvalue weighted by molar-refractivity contribution is 0.242. The molecule has 0 spiro atoms. The van der Waals surface area contributed by atoms with E-state index >= 15 is 0 Å². The maximum Gasteiger partial charge on any atom is 0.162 e. The Morgan fingerprint density at radius 1 is 1.17 bits per heavy atom. The Morgan fingerprint density at radius 3 is 2.50 bits per heavy atom. The standard InChI is InChI=1S/C14H22ClNO2/c1-4-16(5-2)9-6-10-18-13-8-7-12(15)11-14(13)17-3/h7-8,11H,4-6,9-10H2,1-3H3. The van der Waals surface area contributed by atoms with Gasteiger partial charge < -0.3 is 14.4 Å². The van der Waals surface area contributed by atoms with Crippen molar-refractivity contribution in [1.82, 2.24) is 4.90 Å². The van der Waals surface area contributed by atoms with E-state index in [0.29, 0.717) is 17.4 Å². The Bertz CT molecular complexity index is 354. The highest BCUT2D eigenvalue weighted by molar-refractivity contribution is 6.30. The lowest BCUT2D eigenvalue weighted by Gasteiger charge is -2.18. The topological polar surface area (TPSA) is 21.7 Å². The fourth-order valence-corrected chi connectivity index (χ4v) is 1.93. The van der Waals surface area contributed by atoms with Gasteiger partial charge in [0, 0.05) is 17.6 Å². The van der Waals surface area contributed by atoms with E-state index in [1.54, 1.807) is 13.2 Å². The number of methoxy groups -OCH3 is 1. The Morgan fingerprint density at radius 2 is 1.89 bits per heavy atom. The zero-order valence-electron chi connectivity index (χ0n) is 11.4. The average Bonchev–Trinajstić information content (AvgIpc) is 2.40. The van der Waals surface area contributed by atoms with Crippen molar-refractivity contribution in [2.24, 2.45) is 0 Å². The minimum Gasteiger partial charge on any atom is -0.493 e. The third-order valence-electron chi connectivity index (χ3n) is 2.90. The zero-order chi connectivity index (χ0) is 13.4. The van der Waals surface area contributed by atoms with Crippen LogP contribution in [-0.4, -0.2) is 38.3 Å². The van der Waals surface area contributed by atoms with E-state index in [1.165, 1.54) is 0 Å². The van der Waals surface area contributed by atoms with Crippen molar-refractivity contribution in [2.45, 2.75) is 20.3 Å². The van der Waals surface area contributed by atoms with Crippen molar-refractivity contribution in [3.8, 4) is 11.5 Å². The third-order valence-corrected chi connectivity index (χ3v) is 3.13. The van der Waals surface area contributed by atoms with Gasteiger partial charge >= 0.3 is 0 Å². The molecule has 0 atom stereocenters. The summed E-state index contributed by atoms with van der Waals surface area (Å²) in [6.07, 6.45) is 1.01. The number of benzene rings is 1.